The molecule has 7 heteroatoms. The third-order valence-electron chi connectivity index (χ3n) is 5.15. The fourth-order valence-electron chi connectivity index (χ4n) is 3.92. The molecule has 0 bridgehead atoms. The molecule has 1 aliphatic rings. The zero-order valence-electron chi connectivity index (χ0n) is 17.5. The molecule has 3 aromatic rings. The van der Waals surface area contributed by atoms with E-state index < -0.39 is 0 Å². The molecule has 1 aromatic carbocycles. The average Bonchev–Trinajstić information content (AvgIpc) is 3.41. The summed E-state index contributed by atoms with van der Waals surface area (Å²) in [7, 11) is 0. The summed E-state index contributed by atoms with van der Waals surface area (Å²) in [6, 6.07) is 15.7. The van der Waals surface area contributed by atoms with E-state index in [1.807, 2.05) is 53.9 Å². The van der Waals surface area contributed by atoms with Crippen LogP contribution in [0.15, 0.2) is 53.9 Å². The molecule has 2 unspecified atom stereocenters. The van der Waals surface area contributed by atoms with Crippen molar-refractivity contribution in [1.82, 2.24) is 20.0 Å². The number of aromatic nitrogens is 2. The predicted molar refractivity (Wildman–Crippen MR) is 120 cm³/mol. The van der Waals surface area contributed by atoms with Gasteiger partial charge in [0.2, 0.25) is 0 Å². The van der Waals surface area contributed by atoms with Crippen molar-refractivity contribution in [2.45, 2.75) is 32.5 Å². The molecule has 1 fully saturated rings. The maximum absolute atomic E-state index is 13.0. The molecule has 2 atom stereocenters. The first kappa shape index (κ1) is 20.8. The Morgan fingerprint density at radius 2 is 1.93 bits per heavy atom. The van der Waals surface area contributed by atoms with Gasteiger partial charge in [0.05, 0.1) is 22.8 Å². The quantitative estimate of drug-likeness (QED) is 0.586. The van der Waals surface area contributed by atoms with Crippen molar-refractivity contribution in [3.05, 3.63) is 59.6 Å². The lowest BCUT2D eigenvalue weighted by atomic mass is 10.2. The smallest absolute Gasteiger partial charge is 0.270 e. The number of thiophene rings is 1. The summed E-state index contributed by atoms with van der Waals surface area (Å²) in [5.74, 6) is -0.0992. The monoisotopic (exact) mass is 424 g/mol. The van der Waals surface area contributed by atoms with Crippen LogP contribution in [0, 0.1) is 0 Å². The number of rotatable bonds is 7. The second-order valence-electron chi connectivity index (χ2n) is 7.77. The van der Waals surface area contributed by atoms with Crippen molar-refractivity contribution in [3.8, 4) is 16.3 Å². The van der Waals surface area contributed by atoms with Gasteiger partial charge in [-0.05, 0) is 49.9 Å². The second-order valence-corrected chi connectivity index (χ2v) is 8.71. The highest BCUT2D eigenvalue weighted by Gasteiger charge is 2.22. The van der Waals surface area contributed by atoms with Gasteiger partial charge in [-0.3, -0.25) is 9.69 Å². The predicted octanol–water partition coefficient (Wildman–Crippen LogP) is 3.83. The van der Waals surface area contributed by atoms with Gasteiger partial charge in [0, 0.05) is 26.2 Å². The van der Waals surface area contributed by atoms with E-state index in [1.54, 1.807) is 16.0 Å². The zero-order valence-corrected chi connectivity index (χ0v) is 18.3. The molecule has 30 heavy (non-hydrogen) atoms. The average molecular weight is 425 g/mol. The zero-order chi connectivity index (χ0) is 20.9. The minimum Gasteiger partial charge on any atom is -0.373 e. The lowest BCUT2D eigenvalue weighted by Crippen LogP contribution is -2.46. The van der Waals surface area contributed by atoms with Gasteiger partial charge in [-0.25, -0.2) is 4.68 Å². The lowest BCUT2D eigenvalue weighted by Gasteiger charge is -2.35. The summed E-state index contributed by atoms with van der Waals surface area (Å²) in [4.78, 5) is 16.4. The summed E-state index contributed by atoms with van der Waals surface area (Å²) in [5, 5.41) is 9.80. The SMILES string of the molecule is CC1CN(CCCNC(=O)c2cc(-c3cccs3)nn2-c2ccccc2)CC(C)O1. The number of carbonyl (C=O) groups is 1. The van der Waals surface area contributed by atoms with Crippen molar-refractivity contribution in [2.24, 2.45) is 0 Å². The summed E-state index contributed by atoms with van der Waals surface area (Å²) in [6.45, 7) is 7.71. The van der Waals surface area contributed by atoms with Crippen LogP contribution in [0.4, 0.5) is 0 Å². The number of hydrogen-bond donors (Lipinski definition) is 1. The number of hydrogen-bond acceptors (Lipinski definition) is 5. The van der Waals surface area contributed by atoms with Crippen LogP contribution in [0.25, 0.3) is 16.3 Å². The molecule has 0 spiro atoms. The molecule has 0 radical (unpaired) electrons. The molecule has 0 aliphatic carbocycles. The Labute approximate surface area is 181 Å². The number of nitrogens with zero attached hydrogens (tertiary/aromatic N) is 3. The fourth-order valence-corrected chi connectivity index (χ4v) is 4.60. The van der Waals surface area contributed by atoms with E-state index in [2.05, 4.69) is 24.1 Å². The van der Waals surface area contributed by atoms with Gasteiger partial charge >= 0.3 is 0 Å². The Morgan fingerprint density at radius 1 is 1.17 bits per heavy atom. The lowest BCUT2D eigenvalue weighted by molar-refractivity contribution is -0.0680. The molecule has 0 saturated carbocycles. The van der Waals surface area contributed by atoms with Crippen molar-refractivity contribution in [3.63, 3.8) is 0 Å². The fraction of sp³-hybridized carbons (Fsp3) is 0.391. The molecule has 3 heterocycles. The van der Waals surface area contributed by atoms with Crippen LogP contribution in [0.2, 0.25) is 0 Å². The molecule has 2 aromatic heterocycles. The summed E-state index contributed by atoms with van der Waals surface area (Å²) in [5.41, 5.74) is 2.25. The molecular formula is C23H28N4O2S. The number of para-hydroxylation sites is 1. The Morgan fingerprint density at radius 3 is 2.63 bits per heavy atom. The van der Waals surface area contributed by atoms with E-state index in [4.69, 9.17) is 9.84 Å². The number of morpholine rings is 1. The van der Waals surface area contributed by atoms with Crippen LogP contribution in [0.5, 0.6) is 0 Å². The molecular weight excluding hydrogens is 396 g/mol. The summed E-state index contributed by atoms with van der Waals surface area (Å²) >= 11 is 1.62. The normalized spacial score (nSPS) is 19.7. The van der Waals surface area contributed by atoms with Crippen LogP contribution in [-0.2, 0) is 4.74 Å². The van der Waals surface area contributed by atoms with Crippen LogP contribution in [0.1, 0.15) is 30.8 Å². The van der Waals surface area contributed by atoms with Crippen LogP contribution < -0.4 is 5.32 Å². The molecule has 4 rings (SSSR count). The van der Waals surface area contributed by atoms with Crippen LogP contribution in [-0.4, -0.2) is 59.0 Å². The third kappa shape index (κ3) is 4.98. The van der Waals surface area contributed by atoms with Crippen molar-refractivity contribution in [2.75, 3.05) is 26.2 Å². The van der Waals surface area contributed by atoms with Crippen molar-refractivity contribution < 1.29 is 9.53 Å². The highest BCUT2D eigenvalue weighted by atomic mass is 32.1. The third-order valence-corrected chi connectivity index (χ3v) is 6.04. The molecule has 6 nitrogen and oxygen atoms in total. The Balaban J connectivity index is 1.41. The molecule has 1 aliphatic heterocycles. The highest BCUT2D eigenvalue weighted by molar-refractivity contribution is 7.13. The Hall–Kier alpha value is -2.48. The first-order valence-corrected chi connectivity index (χ1v) is 11.3. The molecule has 1 saturated heterocycles. The largest absolute Gasteiger partial charge is 0.373 e. The van der Waals surface area contributed by atoms with Gasteiger partial charge in [-0.1, -0.05) is 24.3 Å². The number of amides is 1. The van der Waals surface area contributed by atoms with E-state index in [0.29, 0.717) is 12.2 Å². The van der Waals surface area contributed by atoms with Gasteiger partial charge in [0.15, 0.2) is 0 Å². The molecule has 1 amide bonds. The minimum absolute atomic E-state index is 0.0992. The van der Waals surface area contributed by atoms with E-state index in [1.165, 1.54) is 0 Å². The minimum atomic E-state index is -0.0992. The number of nitrogens with one attached hydrogen (secondary N) is 1. The van der Waals surface area contributed by atoms with Gasteiger partial charge in [-0.2, -0.15) is 5.10 Å². The van der Waals surface area contributed by atoms with Gasteiger partial charge in [0.25, 0.3) is 5.91 Å². The van der Waals surface area contributed by atoms with E-state index in [0.717, 1.165) is 42.3 Å². The van der Waals surface area contributed by atoms with Crippen LogP contribution >= 0.6 is 11.3 Å². The molecule has 1 N–H and O–H groups in total. The second kappa shape index (κ2) is 9.55. The van der Waals surface area contributed by atoms with Crippen molar-refractivity contribution >= 4 is 17.2 Å². The standard InChI is InChI=1S/C23H28N4O2S/c1-17-15-26(16-18(2)29-17)12-7-11-24-23(28)21-14-20(22-10-6-13-30-22)25-27(21)19-8-4-3-5-9-19/h3-6,8-10,13-14,17-18H,7,11-12,15-16H2,1-2H3,(H,24,28). The van der Waals surface area contributed by atoms with Gasteiger partial charge in [0.1, 0.15) is 11.4 Å². The first-order valence-electron chi connectivity index (χ1n) is 10.5. The summed E-state index contributed by atoms with van der Waals surface area (Å²) in [6.07, 6.45) is 1.43. The molecule has 158 valence electrons. The number of benzene rings is 1. The summed E-state index contributed by atoms with van der Waals surface area (Å²) < 4.78 is 7.52. The first-order chi connectivity index (χ1) is 14.6. The Bertz CT molecular complexity index is 945. The van der Waals surface area contributed by atoms with E-state index in [9.17, 15) is 4.79 Å². The van der Waals surface area contributed by atoms with Crippen LogP contribution in [0.3, 0.4) is 0 Å². The number of ether oxygens (including phenoxy) is 1. The van der Waals surface area contributed by atoms with E-state index in [-0.39, 0.29) is 18.1 Å². The maximum atomic E-state index is 13.0. The van der Waals surface area contributed by atoms with Gasteiger partial charge in [-0.15, -0.1) is 11.3 Å². The van der Waals surface area contributed by atoms with Crippen molar-refractivity contribution in [1.29, 1.82) is 0 Å². The van der Waals surface area contributed by atoms with Gasteiger partial charge < -0.3 is 10.1 Å². The van der Waals surface area contributed by atoms with E-state index >= 15 is 0 Å². The topological polar surface area (TPSA) is 59.4 Å². The Kier molecular flexibility index (Phi) is 6.62. The maximum Gasteiger partial charge on any atom is 0.270 e. The highest BCUT2D eigenvalue weighted by Crippen LogP contribution is 2.25. The number of carbonyl (C=O) groups excluding carboxylic acids is 1.